The molecular weight excluding hydrogens is 308 g/mol. The first-order valence-corrected chi connectivity index (χ1v) is 8.84. The normalized spacial score (nSPS) is 15.9. The predicted octanol–water partition coefficient (Wildman–Crippen LogP) is 3.91. The summed E-state index contributed by atoms with van der Waals surface area (Å²) in [5.74, 6) is 0.961. The van der Waals surface area contributed by atoms with Crippen LogP contribution in [0.4, 0.5) is 0 Å². The van der Waals surface area contributed by atoms with E-state index in [1.807, 2.05) is 13.0 Å². The van der Waals surface area contributed by atoms with E-state index in [0.717, 1.165) is 31.2 Å². The number of hydrogen-bond acceptors (Lipinski definition) is 5. The Morgan fingerprint density at radius 1 is 1.12 bits per heavy atom. The fourth-order valence-corrected chi connectivity index (χ4v) is 2.17. The van der Waals surface area contributed by atoms with Crippen LogP contribution in [0, 0.1) is 6.92 Å². The Morgan fingerprint density at radius 2 is 1.71 bits per heavy atom. The predicted molar refractivity (Wildman–Crippen MR) is 92.0 cm³/mol. The van der Waals surface area contributed by atoms with Crippen LogP contribution < -0.4 is 9.47 Å². The zero-order valence-corrected chi connectivity index (χ0v) is 14.9. The van der Waals surface area contributed by atoms with Gasteiger partial charge in [-0.25, -0.2) is 4.79 Å². The molecule has 0 radical (unpaired) electrons. The Hall–Kier alpha value is -1.75. The van der Waals surface area contributed by atoms with Crippen molar-refractivity contribution in [3.05, 3.63) is 23.3 Å². The molecule has 0 bridgehead atoms. The molecule has 134 valence electrons. The number of rotatable bonds is 11. The monoisotopic (exact) mass is 336 g/mol. The van der Waals surface area contributed by atoms with E-state index in [4.69, 9.17) is 18.9 Å². The molecule has 0 aliphatic carbocycles. The van der Waals surface area contributed by atoms with Crippen LogP contribution in [-0.4, -0.2) is 38.5 Å². The highest BCUT2D eigenvalue weighted by atomic mass is 16.6. The van der Waals surface area contributed by atoms with Gasteiger partial charge in [-0.15, -0.1) is 0 Å². The molecule has 24 heavy (non-hydrogen) atoms. The number of ether oxygens (including phenoxy) is 4. The highest BCUT2D eigenvalue weighted by Gasteiger charge is 2.25. The molecule has 2 rings (SSSR count). The molecule has 5 nitrogen and oxygen atoms in total. The van der Waals surface area contributed by atoms with Crippen LogP contribution in [0.1, 0.15) is 55.5 Å². The van der Waals surface area contributed by atoms with Crippen LogP contribution in [0.3, 0.4) is 0 Å². The van der Waals surface area contributed by atoms with Crippen LogP contribution >= 0.6 is 0 Å². The van der Waals surface area contributed by atoms with E-state index in [1.165, 1.54) is 0 Å². The number of carbonyl (C=O) groups is 1. The van der Waals surface area contributed by atoms with Gasteiger partial charge < -0.3 is 18.9 Å². The summed E-state index contributed by atoms with van der Waals surface area (Å²) in [6, 6.07) is 3.60. The summed E-state index contributed by atoms with van der Waals surface area (Å²) in [5, 5.41) is 0. The van der Waals surface area contributed by atoms with Gasteiger partial charge in [-0.2, -0.15) is 0 Å². The lowest BCUT2D eigenvalue weighted by Gasteiger charge is -2.15. The van der Waals surface area contributed by atoms with E-state index in [0.29, 0.717) is 43.5 Å². The summed E-state index contributed by atoms with van der Waals surface area (Å²) >= 11 is 0. The summed E-state index contributed by atoms with van der Waals surface area (Å²) in [7, 11) is 0. The Balaban J connectivity index is 2.10. The maximum absolute atomic E-state index is 12.3. The fraction of sp³-hybridized carbons (Fsp3) is 0.632. The topological polar surface area (TPSA) is 57.3 Å². The van der Waals surface area contributed by atoms with E-state index in [1.54, 1.807) is 6.07 Å². The van der Waals surface area contributed by atoms with Crippen LogP contribution in [0.25, 0.3) is 0 Å². The van der Waals surface area contributed by atoms with Gasteiger partial charge in [-0.3, -0.25) is 0 Å². The van der Waals surface area contributed by atoms with Crippen LogP contribution in [-0.2, 0) is 9.47 Å². The number of benzene rings is 1. The molecule has 1 fully saturated rings. The van der Waals surface area contributed by atoms with E-state index in [2.05, 4.69) is 13.8 Å². The maximum Gasteiger partial charge on any atom is 0.338 e. The van der Waals surface area contributed by atoms with Crippen molar-refractivity contribution in [1.82, 2.24) is 0 Å². The first-order chi connectivity index (χ1) is 11.7. The number of epoxide rings is 1. The third-order valence-electron chi connectivity index (χ3n) is 3.82. The van der Waals surface area contributed by atoms with Crippen molar-refractivity contribution >= 4 is 5.97 Å². The number of aryl methyl sites for hydroxylation is 1. The van der Waals surface area contributed by atoms with Gasteiger partial charge in [0.2, 0.25) is 0 Å². The lowest BCUT2D eigenvalue weighted by atomic mass is 10.1. The first-order valence-electron chi connectivity index (χ1n) is 8.84. The molecule has 1 saturated heterocycles. The van der Waals surface area contributed by atoms with Crippen molar-refractivity contribution in [2.75, 3.05) is 26.4 Å². The summed E-state index contributed by atoms with van der Waals surface area (Å²) in [5.41, 5.74) is 1.34. The molecule has 0 saturated carbocycles. The van der Waals surface area contributed by atoms with Crippen molar-refractivity contribution in [3.63, 3.8) is 0 Å². The number of carbonyl (C=O) groups excluding carboxylic acids is 1. The van der Waals surface area contributed by atoms with Gasteiger partial charge in [-0.05, 0) is 37.5 Å². The first kappa shape index (κ1) is 18.6. The zero-order chi connectivity index (χ0) is 17.4. The fourth-order valence-electron chi connectivity index (χ4n) is 2.17. The quantitative estimate of drug-likeness (QED) is 0.348. The van der Waals surface area contributed by atoms with Crippen LogP contribution in [0.5, 0.6) is 11.5 Å². The molecule has 0 N–H and O–H groups in total. The maximum atomic E-state index is 12.3. The van der Waals surface area contributed by atoms with Crippen molar-refractivity contribution in [2.24, 2.45) is 0 Å². The highest BCUT2D eigenvalue weighted by molar-refractivity contribution is 5.92. The third kappa shape index (κ3) is 5.71. The minimum absolute atomic E-state index is 0.0613. The van der Waals surface area contributed by atoms with Gasteiger partial charge in [-0.1, -0.05) is 26.7 Å². The van der Waals surface area contributed by atoms with E-state index < -0.39 is 0 Å². The summed E-state index contributed by atoms with van der Waals surface area (Å²) in [6.45, 7) is 8.33. The average molecular weight is 336 g/mol. The summed E-state index contributed by atoms with van der Waals surface area (Å²) in [4.78, 5) is 12.3. The summed E-state index contributed by atoms with van der Waals surface area (Å²) < 4.78 is 22.0. The largest absolute Gasteiger partial charge is 0.490 e. The Morgan fingerprint density at radius 3 is 2.25 bits per heavy atom. The molecule has 1 aliphatic rings. The van der Waals surface area contributed by atoms with E-state index >= 15 is 0 Å². The second kappa shape index (κ2) is 9.52. The minimum atomic E-state index is -0.344. The molecule has 0 spiro atoms. The molecule has 5 heteroatoms. The van der Waals surface area contributed by atoms with E-state index in [9.17, 15) is 4.79 Å². The van der Waals surface area contributed by atoms with Crippen LogP contribution in [0.15, 0.2) is 12.1 Å². The van der Waals surface area contributed by atoms with Crippen molar-refractivity contribution in [1.29, 1.82) is 0 Å². The Kier molecular flexibility index (Phi) is 7.37. The summed E-state index contributed by atoms with van der Waals surface area (Å²) in [6.07, 6.45) is 4.12. The van der Waals surface area contributed by atoms with Crippen LogP contribution in [0.2, 0.25) is 0 Å². The number of esters is 1. The molecule has 1 atom stereocenters. The van der Waals surface area contributed by atoms with Crippen molar-refractivity contribution in [2.45, 2.75) is 52.6 Å². The SMILES string of the molecule is CCCCOc1cc(C)c(C(=O)OC[C@@H]2CO2)cc1OCCCC. The van der Waals surface area contributed by atoms with E-state index in [-0.39, 0.29) is 12.1 Å². The Bertz CT molecular complexity index is 537. The second-order valence-corrected chi connectivity index (χ2v) is 6.07. The standard InChI is InChI=1S/C19H28O5/c1-4-6-8-21-17-10-14(3)16(11-18(17)22-9-7-5-2)19(20)24-13-15-12-23-15/h10-11,15H,4-9,12-13H2,1-3H3/t15-/m0/s1. The molecule has 1 aromatic rings. The van der Waals surface area contributed by atoms with Gasteiger partial charge in [0.15, 0.2) is 11.5 Å². The van der Waals surface area contributed by atoms with Crippen molar-refractivity contribution < 1.29 is 23.7 Å². The lowest BCUT2D eigenvalue weighted by Crippen LogP contribution is -2.12. The Labute approximate surface area is 144 Å². The van der Waals surface area contributed by atoms with Crippen molar-refractivity contribution in [3.8, 4) is 11.5 Å². The molecule has 0 unspecified atom stereocenters. The smallest absolute Gasteiger partial charge is 0.338 e. The molecule has 0 aromatic heterocycles. The lowest BCUT2D eigenvalue weighted by molar-refractivity contribution is 0.0475. The second-order valence-electron chi connectivity index (χ2n) is 6.07. The highest BCUT2D eigenvalue weighted by Crippen LogP contribution is 2.32. The van der Waals surface area contributed by atoms with Gasteiger partial charge in [0.1, 0.15) is 12.7 Å². The zero-order valence-electron chi connectivity index (χ0n) is 14.9. The minimum Gasteiger partial charge on any atom is -0.490 e. The molecule has 0 amide bonds. The van der Waals surface area contributed by atoms with Gasteiger partial charge in [0, 0.05) is 0 Å². The molecule has 1 aliphatic heterocycles. The van der Waals surface area contributed by atoms with Gasteiger partial charge >= 0.3 is 5.97 Å². The number of hydrogen-bond donors (Lipinski definition) is 0. The number of unbranched alkanes of at least 4 members (excludes halogenated alkanes) is 2. The molecule has 1 aromatic carbocycles. The van der Waals surface area contributed by atoms with Gasteiger partial charge in [0.25, 0.3) is 0 Å². The van der Waals surface area contributed by atoms with Gasteiger partial charge in [0.05, 0.1) is 25.4 Å². The molecule has 1 heterocycles. The molecular formula is C19H28O5. The average Bonchev–Trinajstić information content (AvgIpc) is 3.39. The third-order valence-corrected chi connectivity index (χ3v) is 3.82.